The van der Waals surface area contributed by atoms with Crippen LogP contribution >= 0.6 is 11.8 Å². The van der Waals surface area contributed by atoms with Gasteiger partial charge in [-0.2, -0.15) is 0 Å². The van der Waals surface area contributed by atoms with Gasteiger partial charge in [-0.05, 0) is 36.6 Å². The molecule has 1 atom stereocenters. The molecule has 0 aliphatic carbocycles. The van der Waals surface area contributed by atoms with E-state index in [9.17, 15) is 9.59 Å². The van der Waals surface area contributed by atoms with Crippen LogP contribution in [-0.2, 0) is 27.4 Å². The minimum atomic E-state index is -1.12. The van der Waals surface area contributed by atoms with Gasteiger partial charge >= 0.3 is 5.97 Å². The minimum Gasteiger partial charge on any atom is -0.459 e. The molecule has 0 aromatic heterocycles. The Morgan fingerprint density at radius 3 is 2.04 bits per heavy atom. The van der Waals surface area contributed by atoms with Gasteiger partial charge in [-0.3, -0.25) is 9.59 Å². The van der Waals surface area contributed by atoms with Gasteiger partial charge in [0.05, 0.1) is 0 Å². The number of carbonyl (C=O) groups excluding carboxylic acids is 2. The van der Waals surface area contributed by atoms with Crippen LogP contribution in [0.4, 0.5) is 0 Å². The first kappa shape index (κ1) is 19.3. The highest BCUT2D eigenvalue weighted by atomic mass is 32.2. The van der Waals surface area contributed by atoms with Crippen LogP contribution in [-0.4, -0.2) is 22.3 Å². The van der Waals surface area contributed by atoms with E-state index in [1.807, 2.05) is 55.5 Å². The number of esters is 1. The summed E-state index contributed by atoms with van der Waals surface area (Å²) in [6.45, 7) is 3.53. The Morgan fingerprint density at radius 2 is 1.52 bits per heavy atom. The molecule has 0 N–H and O–H groups in total. The molecule has 0 aliphatic heterocycles. The number of hydrogen-bond acceptors (Lipinski definition) is 4. The molecule has 0 aliphatic rings. The number of hydrogen-bond donors (Lipinski definition) is 0. The minimum absolute atomic E-state index is 0.147. The summed E-state index contributed by atoms with van der Waals surface area (Å²) < 4.78 is 4.35. The molecule has 2 aromatic carbocycles. The lowest BCUT2D eigenvalue weighted by Crippen LogP contribution is -2.43. The molecule has 132 valence electrons. The fraction of sp³-hybridized carbons (Fsp3) is 0.333. The Labute approximate surface area is 153 Å². The number of thioether (sulfide) groups is 1. The van der Waals surface area contributed by atoms with Gasteiger partial charge in [0.1, 0.15) is 6.61 Å². The standard InChI is InChI=1S/C21H24O3S/c1-3-21(17(2)22,25-15-14-18-10-6-4-7-11-18)20(23)24-16-19-12-8-5-9-13-19/h4-13H,3,14-16H2,1-2H3/t21-/m0/s1. The van der Waals surface area contributed by atoms with E-state index in [0.717, 1.165) is 12.0 Å². The smallest absolute Gasteiger partial charge is 0.330 e. The molecule has 0 bridgehead atoms. The summed E-state index contributed by atoms with van der Waals surface area (Å²) in [6.07, 6.45) is 1.24. The monoisotopic (exact) mass is 356 g/mol. The van der Waals surface area contributed by atoms with Crippen molar-refractivity contribution in [1.82, 2.24) is 0 Å². The number of benzene rings is 2. The molecular formula is C21H24O3S. The van der Waals surface area contributed by atoms with E-state index in [0.29, 0.717) is 12.2 Å². The summed E-state index contributed by atoms with van der Waals surface area (Å²) >= 11 is 1.39. The number of carbonyl (C=O) groups is 2. The number of aryl methyl sites for hydroxylation is 1. The SMILES string of the molecule is CC[C@](SCCc1ccccc1)(C(C)=O)C(=O)OCc1ccccc1. The van der Waals surface area contributed by atoms with Crippen molar-refractivity contribution in [2.24, 2.45) is 0 Å². The average Bonchev–Trinajstić information content (AvgIpc) is 2.65. The topological polar surface area (TPSA) is 43.4 Å². The van der Waals surface area contributed by atoms with E-state index in [1.54, 1.807) is 0 Å². The summed E-state index contributed by atoms with van der Waals surface area (Å²) in [6, 6.07) is 19.6. The third-order valence-corrected chi connectivity index (χ3v) is 5.83. The van der Waals surface area contributed by atoms with Crippen molar-refractivity contribution >= 4 is 23.5 Å². The zero-order chi connectivity index (χ0) is 18.1. The lowest BCUT2D eigenvalue weighted by molar-refractivity contribution is -0.150. The molecule has 2 rings (SSSR count). The first-order valence-electron chi connectivity index (χ1n) is 8.48. The van der Waals surface area contributed by atoms with Crippen LogP contribution in [0.1, 0.15) is 31.4 Å². The molecule has 4 heteroatoms. The zero-order valence-corrected chi connectivity index (χ0v) is 15.6. The van der Waals surface area contributed by atoms with Gasteiger partial charge in [0.15, 0.2) is 10.5 Å². The fourth-order valence-electron chi connectivity index (χ4n) is 2.63. The van der Waals surface area contributed by atoms with Crippen LogP contribution in [0, 0.1) is 0 Å². The van der Waals surface area contributed by atoms with Crippen molar-refractivity contribution < 1.29 is 14.3 Å². The van der Waals surface area contributed by atoms with Gasteiger partial charge in [-0.1, -0.05) is 67.6 Å². The van der Waals surface area contributed by atoms with Gasteiger partial charge in [0.2, 0.25) is 0 Å². The Hall–Kier alpha value is -2.07. The van der Waals surface area contributed by atoms with E-state index in [1.165, 1.54) is 24.2 Å². The van der Waals surface area contributed by atoms with Gasteiger partial charge < -0.3 is 4.74 Å². The predicted molar refractivity (Wildman–Crippen MR) is 103 cm³/mol. The molecule has 25 heavy (non-hydrogen) atoms. The highest BCUT2D eigenvalue weighted by molar-refractivity contribution is 8.02. The Bertz CT molecular complexity index is 685. The maximum absolute atomic E-state index is 12.7. The molecule has 2 aromatic rings. The second-order valence-corrected chi connectivity index (χ2v) is 7.28. The molecule has 0 amide bonds. The molecule has 0 radical (unpaired) electrons. The third-order valence-electron chi connectivity index (χ3n) is 4.19. The van der Waals surface area contributed by atoms with Crippen LogP contribution < -0.4 is 0 Å². The second-order valence-electron chi connectivity index (χ2n) is 5.88. The van der Waals surface area contributed by atoms with Crippen LogP contribution in [0.2, 0.25) is 0 Å². The van der Waals surface area contributed by atoms with Gasteiger partial charge in [-0.25, -0.2) is 0 Å². The first-order valence-corrected chi connectivity index (χ1v) is 9.47. The Morgan fingerprint density at radius 1 is 0.960 bits per heavy atom. The summed E-state index contributed by atoms with van der Waals surface area (Å²) in [7, 11) is 0. The van der Waals surface area contributed by atoms with Crippen molar-refractivity contribution in [1.29, 1.82) is 0 Å². The van der Waals surface area contributed by atoms with Crippen LogP contribution in [0.15, 0.2) is 60.7 Å². The van der Waals surface area contributed by atoms with Gasteiger partial charge in [0.25, 0.3) is 0 Å². The average molecular weight is 356 g/mol. The van der Waals surface area contributed by atoms with Gasteiger partial charge in [-0.15, -0.1) is 11.8 Å². The van der Waals surface area contributed by atoms with E-state index in [2.05, 4.69) is 12.1 Å². The summed E-state index contributed by atoms with van der Waals surface area (Å²) in [5.74, 6) is 0.105. The van der Waals surface area contributed by atoms with Crippen LogP contribution in [0.25, 0.3) is 0 Å². The molecule has 0 spiro atoms. The zero-order valence-electron chi connectivity index (χ0n) is 14.7. The lowest BCUT2D eigenvalue weighted by atomic mass is 10.0. The van der Waals surface area contributed by atoms with Crippen molar-refractivity contribution in [3.8, 4) is 0 Å². The highest BCUT2D eigenvalue weighted by Gasteiger charge is 2.43. The molecule has 0 fully saturated rings. The molecule has 0 saturated carbocycles. The normalized spacial score (nSPS) is 13.0. The third kappa shape index (κ3) is 5.20. The van der Waals surface area contributed by atoms with E-state index in [4.69, 9.17) is 4.74 Å². The molecule has 0 heterocycles. The van der Waals surface area contributed by atoms with Crippen molar-refractivity contribution in [3.05, 3.63) is 71.8 Å². The summed E-state index contributed by atoms with van der Waals surface area (Å²) in [4.78, 5) is 25.0. The molecular weight excluding hydrogens is 332 g/mol. The maximum atomic E-state index is 12.7. The van der Waals surface area contributed by atoms with Crippen molar-refractivity contribution in [3.63, 3.8) is 0 Å². The summed E-state index contributed by atoms with van der Waals surface area (Å²) in [5, 5.41) is 0. The predicted octanol–water partition coefficient (Wildman–Crippen LogP) is 4.44. The molecule has 0 saturated heterocycles. The molecule has 3 nitrogen and oxygen atoms in total. The number of ketones is 1. The largest absolute Gasteiger partial charge is 0.459 e. The number of Topliss-reactive ketones (excluding diaryl/α,β-unsaturated/α-hetero) is 1. The maximum Gasteiger partial charge on any atom is 0.330 e. The van der Waals surface area contributed by atoms with E-state index < -0.39 is 10.7 Å². The second kappa shape index (κ2) is 9.42. The first-order chi connectivity index (χ1) is 12.1. The van der Waals surface area contributed by atoms with Crippen molar-refractivity contribution in [2.45, 2.75) is 38.0 Å². The number of rotatable bonds is 9. The highest BCUT2D eigenvalue weighted by Crippen LogP contribution is 2.33. The van der Waals surface area contributed by atoms with Crippen molar-refractivity contribution in [2.75, 3.05) is 5.75 Å². The van der Waals surface area contributed by atoms with E-state index in [-0.39, 0.29) is 12.4 Å². The Balaban J connectivity index is 2.00. The fourth-order valence-corrected chi connectivity index (χ4v) is 3.90. The lowest BCUT2D eigenvalue weighted by Gasteiger charge is -2.27. The quantitative estimate of drug-likeness (QED) is 0.492. The van der Waals surface area contributed by atoms with Crippen LogP contribution in [0.5, 0.6) is 0 Å². The number of ether oxygens (including phenoxy) is 1. The molecule has 0 unspecified atom stereocenters. The van der Waals surface area contributed by atoms with E-state index >= 15 is 0 Å². The Kier molecular flexibility index (Phi) is 7.26. The summed E-state index contributed by atoms with van der Waals surface area (Å²) in [5.41, 5.74) is 2.11. The van der Waals surface area contributed by atoms with Gasteiger partial charge in [0, 0.05) is 0 Å². The van der Waals surface area contributed by atoms with Crippen LogP contribution in [0.3, 0.4) is 0 Å².